The van der Waals surface area contributed by atoms with Crippen molar-refractivity contribution in [3.05, 3.63) is 39.8 Å². The Hall–Kier alpha value is -1.59. The smallest absolute Gasteiger partial charge is 0.128 e. The maximum Gasteiger partial charge on any atom is 0.128 e. The maximum absolute atomic E-state index is 5.95. The number of thiazole rings is 1. The molecule has 1 aromatic carbocycles. The maximum atomic E-state index is 5.95. The summed E-state index contributed by atoms with van der Waals surface area (Å²) < 4.78 is 11.1. The van der Waals surface area contributed by atoms with E-state index in [9.17, 15) is 0 Å². The zero-order valence-corrected chi connectivity index (χ0v) is 12.2. The minimum absolute atomic E-state index is 0.0795. The molecule has 0 bridgehead atoms. The highest BCUT2D eigenvalue weighted by Crippen LogP contribution is 2.29. The molecule has 102 valence electrons. The molecule has 4 nitrogen and oxygen atoms in total. The zero-order chi connectivity index (χ0) is 13.8. The van der Waals surface area contributed by atoms with Crippen LogP contribution in [0.5, 0.6) is 11.5 Å². The van der Waals surface area contributed by atoms with Gasteiger partial charge in [-0.3, -0.25) is 0 Å². The molecule has 2 aromatic rings. The molecule has 2 N–H and O–H groups in total. The summed E-state index contributed by atoms with van der Waals surface area (Å²) in [7, 11) is 1.64. The highest BCUT2D eigenvalue weighted by molar-refractivity contribution is 7.11. The van der Waals surface area contributed by atoms with E-state index in [2.05, 4.69) is 4.98 Å². The molecule has 0 radical (unpaired) electrons. The molecule has 0 unspecified atom stereocenters. The topological polar surface area (TPSA) is 57.4 Å². The summed E-state index contributed by atoms with van der Waals surface area (Å²) >= 11 is 1.63. The number of benzene rings is 1. The summed E-state index contributed by atoms with van der Waals surface area (Å²) in [5.74, 6) is 1.53. The third kappa shape index (κ3) is 3.45. The standard InChI is InChI=1S/C14H18N2O2S/c1-9(15)13-5-4-11(17-3)6-14(13)18-8-12-7-16-10(2)19-12/h4-7,9H,8,15H2,1-3H3/t9-/m1/s1. The molecule has 1 aromatic heterocycles. The average molecular weight is 278 g/mol. The van der Waals surface area contributed by atoms with Crippen molar-refractivity contribution < 1.29 is 9.47 Å². The van der Waals surface area contributed by atoms with E-state index in [0.717, 1.165) is 26.9 Å². The van der Waals surface area contributed by atoms with Crippen LogP contribution in [0.3, 0.4) is 0 Å². The molecule has 0 aliphatic rings. The summed E-state index contributed by atoms with van der Waals surface area (Å²) in [5.41, 5.74) is 6.92. The van der Waals surface area contributed by atoms with Gasteiger partial charge < -0.3 is 15.2 Å². The van der Waals surface area contributed by atoms with Crippen molar-refractivity contribution in [3.63, 3.8) is 0 Å². The third-order valence-electron chi connectivity index (χ3n) is 2.75. The van der Waals surface area contributed by atoms with E-state index in [1.807, 2.05) is 38.2 Å². The van der Waals surface area contributed by atoms with E-state index >= 15 is 0 Å². The van der Waals surface area contributed by atoms with Gasteiger partial charge in [-0.05, 0) is 19.9 Å². The molecule has 2 rings (SSSR count). The quantitative estimate of drug-likeness (QED) is 0.913. The summed E-state index contributed by atoms with van der Waals surface area (Å²) in [5, 5.41) is 1.04. The lowest BCUT2D eigenvalue weighted by atomic mass is 10.1. The molecule has 0 saturated heterocycles. The van der Waals surface area contributed by atoms with Gasteiger partial charge in [0.25, 0.3) is 0 Å². The number of methoxy groups -OCH3 is 1. The molecule has 19 heavy (non-hydrogen) atoms. The van der Waals surface area contributed by atoms with Crippen LogP contribution >= 0.6 is 11.3 Å². The molecule has 0 fully saturated rings. The van der Waals surface area contributed by atoms with Crippen LogP contribution in [0.2, 0.25) is 0 Å². The van der Waals surface area contributed by atoms with Crippen molar-refractivity contribution in [3.8, 4) is 11.5 Å². The van der Waals surface area contributed by atoms with Crippen molar-refractivity contribution in [2.45, 2.75) is 26.5 Å². The van der Waals surface area contributed by atoms with Gasteiger partial charge in [0, 0.05) is 23.9 Å². The molecule has 0 spiro atoms. The largest absolute Gasteiger partial charge is 0.497 e. The Morgan fingerprint density at radius 3 is 2.79 bits per heavy atom. The normalized spacial score (nSPS) is 12.2. The zero-order valence-electron chi connectivity index (χ0n) is 11.3. The first-order valence-corrected chi connectivity index (χ1v) is 6.89. The van der Waals surface area contributed by atoms with Gasteiger partial charge in [0.1, 0.15) is 18.1 Å². The Bertz CT molecular complexity index is 552. The molecule has 1 atom stereocenters. The fraction of sp³-hybridized carbons (Fsp3) is 0.357. The number of hydrogen-bond donors (Lipinski definition) is 1. The van der Waals surface area contributed by atoms with Crippen LogP contribution < -0.4 is 15.2 Å². The predicted octanol–water partition coefficient (Wildman–Crippen LogP) is 3.06. The Kier molecular flexibility index (Phi) is 4.39. The lowest BCUT2D eigenvalue weighted by Crippen LogP contribution is -2.08. The predicted molar refractivity (Wildman–Crippen MR) is 76.8 cm³/mol. The first kappa shape index (κ1) is 13.8. The molecule has 0 saturated carbocycles. The van der Waals surface area contributed by atoms with Crippen LogP contribution in [0.15, 0.2) is 24.4 Å². The van der Waals surface area contributed by atoms with E-state index < -0.39 is 0 Å². The lowest BCUT2D eigenvalue weighted by molar-refractivity contribution is 0.302. The first-order valence-electron chi connectivity index (χ1n) is 6.07. The van der Waals surface area contributed by atoms with Gasteiger partial charge >= 0.3 is 0 Å². The second-order valence-corrected chi connectivity index (χ2v) is 5.65. The molecular weight excluding hydrogens is 260 g/mol. The van der Waals surface area contributed by atoms with Gasteiger partial charge in [0.15, 0.2) is 0 Å². The Labute approximate surface area is 117 Å². The number of hydrogen-bond acceptors (Lipinski definition) is 5. The fourth-order valence-electron chi connectivity index (χ4n) is 1.76. The third-order valence-corrected chi connectivity index (χ3v) is 3.64. The van der Waals surface area contributed by atoms with Crippen LogP contribution in [0.1, 0.15) is 28.4 Å². The molecule has 0 aliphatic heterocycles. The minimum Gasteiger partial charge on any atom is -0.497 e. The monoisotopic (exact) mass is 278 g/mol. The number of nitrogens with zero attached hydrogens (tertiary/aromatic N) is 1. The summed E-state index contributed by atoms with van der Waals surface area (Å²) in [4.78, 5) is 5.30. The van der Waals surface area contributed by atoms with Crippen molar-refractivity contribution >= 4 is 11.3 Å². The van der Waals surface area contributed by atoms with Crippen LogP contribution in [-0.4, -0.2) is 12.1 Å². The van der Waals surface area contributed by atoms with Crippen LogP contribution in [0.25, 0.3) is 0 Å². The van der Waals surface area contributed by atoms with Crippen molar-refractivity contribution in [2.24, 2.45) is 5.73 Å². The number of ether oxygens (including phenoxy) is 2. The van der Waals surface area contributed by atoms with E-state index in [0.29, 0.717) is 6.61 Å². The highest BCUT2D eigenvalue weighted by Gasteiger charge is 2.10. The lowest BCUT2D eigenvalue weighted by Gasteiger charge is -2.14. The van der Waals surface area contributed by atoms with Crippen molar-refractivity contribution in [1.82, 2.24) is 4.98 Å². The second kappa shape index (κ2) is 6.04. The molecule has 0 amide bonds. The molecule has 0 aliphatic carbocycles. The first-order chi connectivity index (χ1) is 9.10. The second-order valence-electron chi connectivity index (χ2n) is 4.33. The summed E-state index contributed by atoms with van der Waals surface area (Å²) in [6, 6.07) is 5.62. The number of aryl methyl sites for hydroxylation is 1. The fourth-order valence-corrected chi connectivity index (χ4v) is 2.47. The number of nitrogens with two attached hydrogens (primary N) is 1. The Morgan fingerprint density at radius 2 is 2.21 bits per heavy atom. The van der Waals surface area contributed by atoms with E-state index in [-0.39, 0.29) is 6.04 Å². The Balaban J connectivity index is 2.17. The van der Waals surface area contributed by atoms with Crippen LogP contribution in [-0.2, 0) is 6.61 Å². The van der Waals surface area contributed by atoms with Gasteiger partial charge in [0.05, 0.1) is 17.0 Å². The van der Waals surface area contributed by atoms with Gasteiger partial charge in [0.2, 0.25) is 0 Å². The SMILES string of the molecule is COc1ccc([C@@H](C)N)c(OCc2cnc(C)s2)c1. The van der Waals surface area contributed by atoms with E-state index in [1.165, 1.54) is 0 Å². The van der Waals surface area contributed by atoms with Crippen molar-refractivity contribution in [2.75, 3.05) is 7.11 Å². The number of aromatic nitrogens is 1. The molecule has 1 heterocycles. The minimum atomic E-state index is -0.0795. The van der Waals surface area contributed by atoms with Crippen molar-refractivity contribution in [1.29, 1.82) is 0 Å². The highest BCUT2D eigenvalue weighted by atomic mass is 32.1. The van der Waals surface area contributed by atoms with E-state index in [4.69, 9.17) is 15.2 Å². The molecule has 5 heteroatoms. The van der Waals surface area contributed by atoms with Gasteiger partial charge in [-0.1, -0.05) is 6.07 Å². The summed E-state index contributed by atoms with van der Waals surface area (Å²) in [6.07, 6.45) is 1.84. The van der Waals surface area contributed by atoms with Gasteiger partial charge in [-0.25, -0.2) is 4.98 Å². The van der Waals surface area contributed by atoms with Gasteiger partial charge in [-0.15, -0.1) is 11.3 Å². The average Bonchev–Trinajstić information content (AvgIpc) is 2.81. The Morgan fingerprint density at radius 1 is 1.42 bits per heavy atom. The van der Waals surface area contributed by atoms with Gasteiger partial charge in [-0.2, -0.15) is 0 Å². The summed E-state index contributed by atoms with van der Waals surface area (Å²) in [6.45, 7) is 4.41. The van der Waals surface area contributed by atoms with Crippen LogP contribution in [0, 0.1) is 6.92 Å². The van der Waals surface area contributed by atoms with Crippen LogP contribution in [0.4, 0.5) is 0 Å². The van der Waals surface area contributed by atoms with E-state index in [1.54, 1.807) is 18.4 Å². The molecular formula is C14H18N2O2S. The number of rotatable bonds is 5.